The van der Waals surface area contributed by atoms with E-state index in [4.69, 9.17) is 11.5 Å². The van der Waals surface area contributed by atoms with Gasteiger partial charge >= 0.3 is 0 Å². The molecule has 2 heterocycles. The zero-order valence-corrected chi connectivity index (χ0v) is 16.2. The van der Waals surface area contributed by atoms with Crippen LogP contribution in [-0.4, -0.2) is 27.6 Å². The third-order valence-corrected chi connectivity index (χ3v) is 5.26. The minimum Gasteiger partial charge on any atom is -0.364 e. The molecular formula is C20H19N7OS. The van der Waals surface area contributed by atoms with Crippen LogP contribution in [0.3, 0.4) is 0 Å². The van der Waals surface area contributed by atoms with Gasteiger partial charge in [-0.2, -0.15) is 4.98 Å². The molecule has 0 saturated carbocycles. The van der Waals surface area contributed by atoms with E-state index < -0.39 is 5.91 Å². The normalized spacial score (nSPS) is 11.9. The fourth-order valence-corrected chi connectivity index (χ4v) is 3.72. The smallest absolute Gasteiger partial charge is 0.273 e. The summed E-state index contributed by atoms with van der Waals surface area (Å²) in [7, 11) is 0. The van der Waals surface area contributed by atoms with Crippen molar-refractivity contribution >= 4 is 44.8 Å². The summed E-state index contributed by atoms with van der Waals surface area (Å²) in [5.41, 5.74) is 13.4. The van der Waals surface area contributed by atoms with Gasteiger partial charge in [0.25, 0.3) is 5.91 Å². The Morgan fingerprint density at radius 2 is 1.90 bits per heavy atom. The maximum atomic E-state index is 11.8. The Morgan fingerprint density at radius 1 is 1.07 bits per heavy atom. The number of thiophene rings is 1. The van der Waals surface area contributed by atoms with Crippen molar-refractivity contribution in [1.82, 2.24) is 15.2 Å². The van der Waals surface area contributed by atoms with Crippen molar-refractivity contribution in [2.45, 2.75) is 6.04 Å². The number of hydrogen-bond donors (Lipinski definition) is 4. The second kappa shape index (κ2) is 8.21. The molecule has 2 aromatic carbocycles. The molecule has 6 N–H and O–H groups in total. The summed E-state index contributed by atoms with van der Waals surface area (Å²) >= 11 is 1.63. The summed E-state index contributed by atoms with van der Waals surface area (Å²) in [5.74, 6) is -0.221. The third kappa shape index (κ3) is 4.15. The van der Waals surface area contributed by atoms with Crippen molar-refractivity contribution < 1.29 is 4.79 Å². The molecule has 0 radical (unpaired) electrons. The van der Waals surface area contributed by atoms with E-state index in [1.807, 2.05) is 60.0 Å². The Balaban J connectivity index is 1.58. The molecule has 0 bridgehead atoms. The number of nitrogens with one attached hydrogen (secondary N) is 2. The van der Waals surface area contributed by atoms with Crippen molar-refractivity contribution in [2.24, 2.45) is 11.5 Å². The number of aromatic nitrogens is 3. The highest BCUT2D eigenvalue weighted by atomic mass is 32.1. The van der Waals surface area contributed by atoms with E-state index in [9.17, 15) is 4.79 Å². The van der Waals surface area contributed by atoms with Crippen LogP contribution in [0.25, 0.3) is 10.1 Å². The Bertz CT molecular complexity index is 1150. The first kappa shape index (κ1) is 18.8. The summed E-state index contributed by atoms with van der Waals surface area (Å²) in [5, 5.41) is 17.1. The predicted molar refractivity (Wildman–Crippen MR) is 115 cm³/mol. The molecule has 4 rings (SSSR count). The molecule has 0 unspecified atom stereocenters. The molecule has 1 amide bonds. The largest absolute Gasteiger partial charge is 0.364 e. The predicted octanol–water partition coefficient (Wildman–Crippen LogP) is 3.04. The molecule has 0 spiro atoms. The van der Waals surface area contributed by atoms with Gasteiger partial charge in [0, 0.05) is 28.4 Å². The van der Waals surface area contributed by atoms with Gasteiger partial charge in [-0.15, -0.1) is 21.5 Å². The molecule has 9 heteroatoms. The van der Waals surface area contributed by atoms with Gasteiger partial charge in [-0.1, -0.05) is 36.4 Å². The lowest BCUT2D eigenvalue weighted by molar-refractivity contribution is 0.0995. The molecule has 29 heavy (non-hydrogen) atoms. The second-order valence-electron chi connectivity index (χ2n) is 6.36. The van der Waals surface area contributed by atoms with Gasteiger partial charge < -0.3 is 22.1 Å². The molecule has 0 fully saturated rings. The van der Waals surface area contributed by atoms with Crippen LogP contribution in [0.5, 0.6) is 0 Å². The second-order valence-corrected chi connectivity index (χ2v) is 7.31. The van der Waals surface area contributed by atoms with Crippen LogP contribution < -0.4 is 22.1 Å². The maximum Gasteiger partial charge on any atom is 0.273 e. The van der Waals surface area contributed by atoms with Crippen LogP contribution >= 0.6 is 11.3 Å². The number of hydrogen-bond acceptors (Lipinski definition) is 8. The SMILES string of the molecule is NC(=O)c1nnc(NC[C@@H](N)c2ccccc2)nc1Nc1cccc2sccc12. The fourth-order valence-electron chi connectivity index (χ4n) is 2.90. The Hall–Kier alpha value is -3.56. The molecule has 1 atom stereocenters. The number of nitrogens with two attached hydrogens (primary N) is 2. The first-order valence-corrected chi connectivity index (χ1v) is 9.82. The number of carbonyl (C=O) groups is 1. The van der Waals surface area contributed by atoms with Gasteiger partial charge in [-0.05, 0) is 29.1 Å². The van der Waals surface area contributed by atoms with E-state index in [0.29, 0.717) is 6.54 Å². The van der Waals surface area contributed by atoms with Gasteiger partial charge in [-0.25, -0.2) is 0 Å². The molecule has 2 aromatic heterocycles. The monoisotopic (exact) mass is 405 g/mol. The number of primary amides is 1. The summed E-state index contributed by atoms with van der Waals surface area (Å²) in [6.07, 6.45) is 0. The number of anilines is 3. The van der Waals surface area contributed by atoms with E-state index in [-0.39, 0.29) is 23.5 Å². The van der Waals surface area contributed by atoms with Crippen LogP contribution in [0.15, 0.2) is 60.0 Å². The van der Waals surface area contributed by atoms with E-state index in [1.54, 1.807) is 11.3 Å². The lowest BCUT2D eigenvalue weighted by Crippen LogP contribution is -2.23. The van der Waals surface area contributed by atoms with Gasteiger partial charge in [0.05, 0.1) is 0 Å². The van der Waals surface area contributed by atoms with E-state index >= 15 is 0 Å². The number of rotatable bonds is 7. The number of benzene rings is 2. The molecule has 0 aliphatic carbocycles. The van der Waals surface area contributed by atoms with E-state index in [0.717, 1.165) is 21.3 Å². The Kier molecular flexibility index (Phi) is 5.32. The standard InChI is InChI=1S/C20H19N7OS/c21-14(12-5-2-1-3-6-12)11-23-20-25-19(17(18(22)28)26-27-20)24-15-7-4-8-16-13(15)9-10-29-16/h1-10,14H,11,21H2,(H2,22,28)(H2,23,24,25,27)/t14-/m1/s1. The Morgan fingerprint density at radius 3 is 2.69 bits per heavy atom. The summed E-state index contributed by atoms with van der Waals surface area (Å²) in [6, 6.07) is 17.3. The highest BCUT2D eigenvalue weighted by Crippen LogP contribution is 2.30. The minimum atomic E-state index is -0.711. The topological polar surface area (TPSA) is 132 Å². The van der Waals surface area contributed by atoms with Crippen molar-refractivity contribution in [3.8, 4) is 0 Å². The summed E-state index contributed by atoms with van der Waals surface area (Å²) < 4.78 is 1.12. The summed E-state index contributed by atoms with van der Waals surface area (Å²) in [4.78, 5) is 16.2. The molecule has 4 aromatic rings. The van der Waals surface area contributed by atoms with Crippen molar-refractivity contribution in [1.29, 1.82) is 0 Å². The Labute approximate surface area is 171 Å². The first-order chi connectivity index (χ1) is 14.1. The molecule has 0 aliphatic rings. The molecule has 0 saturated heterocycles. The molecule has 8 nitrogen and oxygen atoms in total. The number of nitrogens with zero attached hydrogens (tertiary/aromatic N) is 3. The van der Waals surface area contributed by atoms with Gasteiger partial charge in [0.2, 0.25) is 5.95 Å². The quantitative estimate of drug-likeness (QED) is 0.371. The van der Waals surface area contributed by atoms with Gasteiger partial charge in [0.1, 0.15) is 0 Å². The molecular weight excluding hydrogens is 386 g/mol. The van der Waals surface area contributed by atoms with Crippen LogP contribution in [0, 0.1) is 0 Å². The third-order valence-electron chi connectivity index (χ3n) is 4.38. The zero-order chi connectivity index (χ0) is 20.2. The summed E-state index contributed by atoms with van der Waals surface area (Å²) in [6.45, 7) is 0.404. The lowest BCUT2D eigenvalue weighted by atomic mass is 10.1. The van der Waals surface area contributed by atoms with Crippen LogP contribution in [0.1, 0.15) is 22.1 Å². The first-order valence-electron chi connectivity index (χ1n) is 8.94. The minimum absolute atomic E-state index is 0.0323. The zero-order valence-electron chi connectivity index (χ0n) is 15.4. The number of carbonyl (C=O) groups excluding carboxylic acids is 1. The van der Waals surface area contributed by atoms with Gasteiger partial charge in [-0.3, -0.25) is 4.79 Å². The maximum absolute atomic E-state index is 11.8. The highest BCUT2D eigenvalue weighted by molar-refractivity contribution is 7.17. The van der Waals surface area contributed by atoms with Gasteiger partial charge in [0.15, 0.2) is 11.5 Å². The van der Waals surface area contributed by atoms with Crippen LogP contribution in [0.4, 0.5) is 17.5 Å². The van der Waals surface area contributed by atoms with Crippen LogP contribution in [-0.2, 0) is 0 Å². The molecule has 0 aliphatic heterocycles. The number of amides is 1. The number of fused-ring (bicyclic) bond motifs is 1. The van der Waals surface area contributed by atoms with Crippen molar-refractivity contribution in [3.63, 3.8) is 0 Å². The van der Waals surface area contributed by atoms with Crippen molar-refractivity contribution in [2.75, 3.05) is 17.2 Å². The lowest BCUT2D eigenvalue weighted by Gasteiger charge is -2.14. The molecule has 146 valence electrons. The fraction of sp³-hybridized carbons (Fsp3) is 0.100. The average Bonchev–Trinajstić information content (AvgIpc) is 3.22. The average molecular weight is 405 g/mol. The van der Waals surface area contributed by atoms with Crippen LogP contribution in [0.2, 0.25) is 0 Å². The van der Waals surface area contributed by atoms with Crippen molar-refractivity contribution in [3.05, 3.63) is 71.2 Å². The van der Waals surface area contributed by atoms with E-state index in [1.165, 1.54) is 0 Å². The van der Waals surface area contributed by atoms with E-state index in [2.05, 4.69) is 25.8 Å². The highest BCUT2D eigenvalue weighted by Gasteiger charge is 2.16.